The molecule has 28 heavy (non-hydrogen) atoms. The summed E-state index contributed by atoms with van der Waals surface area (Å²) < 4.78 is 18.6. The van der Waals surface area contributed by atoms with Gasteiger partial charge < -0.3 is 10.1 Å². The van der Waals surface area contributed by atoms with Gasteiger partial charge in [0, 0.05) is 6.54 Å². The van der Waals surface area contributed by atoms with Gasteiger partial charge in [-0.3, -0.25) is 14.5 Å². The fourth-order valence-corrected chi connectivity index (χ4v) is 3.03. The minimum atomic E-state index is -0.805. The summed E-state index contributed by atoms with van der Waals surface area (Å²) >= 11 is 0. The van der Waals surface area contributed by atoms with Crippen LogP contribution in [0.3, 0.4) is 0 Å². The Morgan fingerprint density at radius 1 is 1.04 bits per heavy atom. The Morgan fingerprint density at radius 3 is 2.07 bits per heavy atom. The van der Waals surface area contributed by atoms with Crippen LogP contribution >= 0.6 is 0 Å². The smallest absolute Gasteiger partial charge is 0.407 e. The Hall–Kier alpha value is -3.22. The molecule has 3 rings (SSSR count). The van der Waals surface area contributed by atoms with E-state index in [1.165, 1.54) is 24.3 Å². The number of alkyl carbamates (subject to hydrolysis) is 1. The first-order valence-corrected chi connectivity index (χ1v) is 8.86. The van der Waals surface area contributed by atoms with E-state index in [2.05, 4.69) is 5.32 Å². The molecule has 1 N–H and O–H groups in total. The van der Waals surface area contributed by atoms with E-state index in [1.54, 1.807) is 45.0 Å². The topological polar surface area (TPSA) is 75.7 Å². The number of carbonyl (C=O) groups excluding carboxylic acids is 3. The second-order valence-electron chi connectivity index (χ2n) is 7.48. The fraction of sp³-hybridized carbons (Fsp3) is 0.286. The van der Waals surface area contributed by atoms with E-state index >= 15 is 0 Å². The molecule has 2 aromatic carbocycles. The second kappa shape index (κ2) is 7.42. The molecule has 146 valence electrons. The number of hydrogen-bond donors (Lipinski definition) is 1. The van der Waals surface area contributed by atoms with Crippen LogP contribution in [0.15, 0.2) is 48.5 Å². The molecular weight excluding hydrogens is 363 g/mol. The summed E-state index contributed by atoms with van der Waals surface area (Å²) in [4.78, 5) is 38.9. The molecule has 2 aromatic rings. The molecule has 1 aliphatic rings. The summed E-state index contributed by atoms with van der Waals surface area (Å²) in [5, 5.41) is 2.60. The Labute approximate surface area is 162 Å². The minimum absolute atomic E-state index is 0.0635. The second-order valence-corrected chi connectivity index (χ2v) is 7.48. The number of nitrogens with zero attached hydrogens (tertiary/aromatic N) is 1. The number of hydrogen-bond acceptors (Lipinski definition) is 4. The lowest BCUT2D eigenvalue weighted by Crippen LogP contribution is -2.42. The predicted molar refractivity (Wildman–Crippen MR) is 100 cm³/mol. The summed E-state index contributed by atoms with van der Waals surface area (Å²) in [7, 11) is 0. The van der Waals surface area contributed by atoms with Gasteiger partial charge in [-0.2, -0.15) is 0 Å². The number of halogens is 1. The SMILES string of the molecule is CC(C)(C)OC(=O)NC[C@H](c1ccc(F)cc1)N1C(=O)c2ccccc2C1=O. The number of rotatable bonds is 4. The molecule has 1 aliphatic heterocycles. The van der Waals surface area contributed by atoms with Crippen LogP contribution in [0.1, 0.15) is 53.1 Å². The Bertz CT molecular complexity index is 884. The number of benzene rings is 2. The third-order valence-electron chi connectivity index (χ3n) is 4.23. The summed E-state index contributed by atoms with van der Waals surface area (Å²) in [6.45, 7) is 5.13. The first-order valence-electron chi connectivity index (χ1n) is 8.86. The van der Waals surface area contributed by atoms with Crippen LogP contribution in [0.25, 0.3) is 0 Å². The van der Waals surface area contributed by atoms with Crippen molar-refractivity contribution < 1.29 is 23.5 Å². The van der Waals surface area contributed by atoms with Gasteiger partial charge in [-0.25, -0.2) is 9.18 Å². The molecule has 0 saturated heterocycles. The van der Waals surface area contributed by atoms with Gasteiger partial charge in [0.2, 0.25) is 0 Å². The number of amides is 3. The van der Waals surface area contributed by atoms with E-state index in [0.717, 1.165) is 4.90 Å². The minimum Gasteiger partial charge on any atom is -0.444 e. The average molecular weight is 384 g/mol. The summed E-state index contributed by atoms with van der Waals surface area (Å²) in [5.41, 5.74) is 0.436. The zero-order chi connectivity index (χ0) is 20.5. The van der Waals surface area contributed by atoms with Crippen LogP contribution in [0, 0.1) is 5.82 Å². The first kappa shape index (κ1) is 19.5. The van der Waals surface area contributed by atoms with Crippen molar-refractivity contribution >= 4 is 17.9 Å². The number of imide groups is 1. The molecule has 0 fully saturated rings. The molecule has 0 aliphatic carbocycles. The molecule has 0 spiro atoms. The molecule has 0 aromatic heterocycles. The van der Waals surface area contributed by atoms with Gasteiger partial charge in [-0.15, -0.1) is 0 Å². The average Bonchev–Trinajstić information content (AvgIpc) is 2.87. The van der Waals surface area contributed by atoms with E-state index in [4.69, 9.17) is 4.74 Å². The van der Waals surface area contributed by atoms with Crippen molar-refractivity contribution in [2.24, 2.45) is 0 Å². The highest BCUT2D eigenvalue weighted by molar-refractivity contribution is 6.21. The van der Waals surface area contributed by atoms with E-state index in [-0.39, 0.29) is 6.54 Å². The predicted octanol–water partition coefficient (Wildman–Crippen LogP) is 3.69. The Kier molecular flexibility index (Phi) is 5.18. The molecule has 3 amide bonds. The van der Waals surface area contributed by atoms with Crippen molar-refractivity contribution in [3.05, 3.63) is 71.0 Å². The summed E-state index contributed by atoms with van der Waals surface area (Å²) in [5.74, 6) is -1.35. The maximum absolute atomic E-state index is 13.4. The largest absolute Gasteiger partial charge is 0.444 e. The van der Waals surface area contributed by atoms with Crippen LogP contribution in [0.2, 0.25) is 0 Å². The number of nitrogens with one attached hydrogen (secondary N) is 1. The standard InChI is InChI=1S/C21H21FN2O4/c1-21(2,3)28-20(27)23-12-17(13-8-10-14(22)11-9-13)24-18(25)15-6-4-5-7-16(15)19(24)26/h4-11,17H,12H2,1-3H3,(H,23,27)/t17-/m1/s1. The van der Waals surface area contributed by atoms with Crippen molar-refractivity contribution in [3.8, 4) is 0 Å². The van der Waals surface area contributed by atoms with Crippen molar-refractivity contribution in [2.75, 3.05) is 6.54 Å². The number of ether oxygens (including phenoxy) is 1. The van der Waals surface area contributed by atoms with Gasteiger partial charge >= 0.3 is 6.09 Å². The van der Waals surface area contributed by atoms with E-state index in [1.807, 2.05) is 0 Å². The summed E-state index contributed by atoms with van der Waals surface area (Å²) in [6, 6.07) is 11.2. The molecule has 6 nitrogen and oxygen atoms in total. The molecular formula is C21H21FN2O4. The zero-order valence-electron chi connectivity index (χ0n) is 15.9. The summed E-state index contributed by atoms with van der Waals surface area (Å²) in [6.07, 6.45) is -0.670. The van der Waals surface area contributed by atoms with Gasteiger partial charge in [-0.05, 0) is 50.6 Å². The van der Waals surface area contributed by atoms with Crippen LogP contribution in [-0.2, 0) is 4.74 Å². The molecule has 0 bridgehead atoms. The lowest BCUT2D eigenvalue weighted by atomic mass is 10.1. The highest BCUT2D eigenvalue weighted by Gasteiger charge is 2.40. The zero-order valence-corrected chi connectivity index (χ0v) is 15.9. The molecule has 7 heteroatoms. The highest BCUT2D eigenvalue weighted by Crippen LogP contribution is 2.31. The number of carbonyl (C=O) groups is 3. The normalized spacial score (nSPS) is 14.6. The lowest BCUT2D eigenvalue weighted by molar-refractivity contribution is 0.0467. The lowest BCUT2D eigenvalue weighted by Gasteiger charge is -2.28. The van der Waals surface area contributed by atoms with Gasteiger partial charge in [0.15, 0.2) is 0 Å². The van der Waals surface area contributed by atoms with Crippen molar-refractivity contribution in [1.29, 1.82) is 0 Å². The van der Waals surface area contributed by atoms with E-state index in [9.17, 15) is 18.8 Å². The molecule has 0 radical (unpaired) electrons. The van der Waals surface area contributed by atoms with Gasteiger partial charge in [0.25, 0.3) is 11.8 Å². The van der Waals surface area contributed by atoms with Gasteiger partial charge in [0.1, 0.15) is 11.4 Å². The van der Waals surface area contributed by atoms with Crippen molar-refractivity contribution in [1.82, 2.24) is 10.2 Å². The Morgan fingerprint density at radius 2 is 1.57 bits per heavy atom. The monoisotopic (exact) mass is 384 g/mol. The van der Waals surface area contributed by atoms with E-state index in [0.29, 0.717) is 16.7 Å². The van der Waals surface area contributed by atoms with Gasteiger partial charge in [-0.1, -0.05) is 24.3 Å². The van der Waals surface area contributed by atoms with Crippen molar-refractivity contribution in [2.45, 2.75) is 32.4 Å². The van der Waals surface area contributed by atoms with Crippen LogP contribution < -0.4 is 5.32 Å². The number of fused-ring (bicyclic) bond motifs is 1. The third kappa shape index (κ3) is 4.03. The molecule has 0 unspecified atom stereocenters. The quantitative estimate of drug-likeness (QED) is 0.816. The molecule has 1 heterocycles. The molecule has 0 saturated carbocycles. The fourth-order valence-electron chi connectivity index (χ4n) is 3.03. The van der Waals surface area contributed by atoms with Gasteiger partial charge in [0.05, 0.1) is 17.2 Å². The van der Waals surface area contributed by atoms with E-state index < -0.39 is 35.4 Å². The Balaban J connectivity index is 1.89. The van der Waals surface area contributed by atoms with Crippen LogP contribution in [0.4, 0.5) is 9.18 Å². The highest BCUT2D eigenvalue weighted by atomic mass is 19.1. The maximum Gasteiger partial charge on any atom is 0.407 e. The maximum atomic E-state index is 13.4. The molecule has 1 atom stereocenters. The third-order valence-corrected chi connectivity index (χ3v) is 4.23. The first-order chi connectivity index (χ1) is 13.2. The van der Waals surface area contributed by atoms with Crippen LogP contribution in [0.5, 0.6) is 0 Å². The van der Waals surface area contributed by atoms with Crippen molar-refractivity contribution in [3.63, 3.8) is 0 Å². The van der Waals surface area contributed by atoms with Crippen LogP contribution in [-0.4, -0.2) is 35.0 Å².